The number of rotatable bonds is 4. The van der Waals surface area contributed by atoms with E-state index in [9.17, 15) is 4.57 Å². The molecular formula is C14H24NaO4P. The van der Waals surface area contributed by atoms with Crippen LogP contribution in [0, 0.1) is 0 Å². The summed E-state index contributed by atoms with van der Waals surface area (Å²) in [6.07, 6.45) is 1.02. The molecule has 0 heterocycles. The molecule has 0 spiro atoms. The second-order valence-corrected chi connectivity index (χ2v) is 7.06. The van der Waals surface area contributed by atoms with Gasteiger partial charge >= 0.3 is 37.4 Å². The van der Waals surface area contributed by atoms with Crippen LogP contribution in [0.1, 0.15) is 58.1 Å². The number of phosphoric acid groups is 1. The van der Waals surface area contributed by atoms with Crippen molar-refractivity contribution in [2.75, 3.05) is 0 Å². The Morgan fingerprint density at radius 1 is 1.30 bits per heavy atom. The van der Waals surface area contributed by atoms with Crippen LogP contribution >= 0.6 is 7.82 Å². The van der Waals surface area contributed by atoms with E-state index in [0.29, 0.717) is 5.92 Å². The SMILES string of the molecule is CCC(C)c1ccc(OP(=O)(O)O)c(C(C)(C)C)c1.[NaH]. The average molecular weight is 310 g/mol. The molecule has 0 aliphatic carbocycles. The fourth-order valence-electron chi connectivity index (χ4n) is 1.88. The van der Waals surface area contributed by atoms with Crippen LogP contribution in [0.4, 0.5) is 0 Å². The van der Waals surface area contributed by atoms with Crippen molar-refractivity contribution >= 4 is 37.4 Å². The van der Waals surface area contributed by atoms with E-state index >= 15 is 0 Å². The van der Waals surface area contributed by atoms with Crippen molar-refractivity contribution in [1.29, 1.82) is 0 Å². The molecule has 6 heteroatoms. The van der Waals surface area contributed by atoms with Crippen LogP contribution in [-0.4, -0.2) is 39.3 Å². The van der Waals surface area contributed by atoms with Gasteiger partial charge in [0.2, 0.25) is 0 Å². The first-order valence-electron chi connectivity index (χ1n) is 6.44. The first-order valence-corrected chi connectivity index (χ1v) is 7.97. The number of phosphoric ester groups is 1. The monoisotopic (exact) mass is 310 g/mol. The third-order valence-corrected chi connectivity index (χ3v) is 3.64. The topological polar surface area (TPSA) is 66.8 Å². The van der Waals surface area contributed by atoms with Gasteiger partial charge in [0.1, 0.15) is 5.75 Å². The second-order valence-electron chi connectivity index (χ2n) is 5.90. The molecule has 4 nitrogen and oxygen atoms in total. The second kappa shape index (κ2) is 7.44. The molecule has 0 radical (unpaired) electrons. The Hall–Kier alpha value is 0.170. The normalized spacial score (nSPS) is 13.6. The van der Waals surface area contributed by atoms with Gasteiger partial charge in [0.15, 0.2) is 0 Å². The number of hydrogen-bond donors (Lipinski definition) is 2. The van der Waals surface area contributed by atoms with Crippen LogP contribution in [0.15, 0.2) is 18.2 Å². The Bertz CT molecular complexity index is 490. The molecule has 0 aromatic heterocycles. The zero-order valence-electron chi connectivity index (χ0n) is 12.2. The Kier molecular flexibility index (Phi) is 7.50. The minimum atomic E-state index is -4.53. The van der Waals surface area contributed by atoms with Crippen LogP contribution in [0.25, 0.3) is 0 Å². The van der Waals surface area contributed by atoms with E-state index in [1.807, 2.05) is 32.9 Å². The molecule has 2 N–H and O–H groups in total. The van der Waals surface area contributed by atoms with Gasteiger partial charge in [0.05, 0.1) is 0 Å². The molecule has 0 fully saturated rings. The summed E-state index contributed by atoms with van der Waals surface area (Å²) >= 11 is 0. The van der Waals surface area contributed by atoms with Crippen LogP contribution in [-0.2, 0) is 9.98 Å². The van der Waals surface area contributed by atoms with Gasteiger partial charge in [0, 0.05) is 5.56 Å². The standard InChI is InChI=1S/C14H23O4P.Na.H/c1-6-10(2)11-7-8-13(18-19(15,16)17)12(9-11)14(3,4)5;;/h7-10H,6H2,1-5H3,(H2,15,16,17);;. The Morgan fingerprint density at radius 2 is 1.85 bits per heavy atom. The van der Waals surface area contributed by atoms with Gasteiger partial charge in [-0.15, -0.1) is 0 Å². The van der Waals surface area contributed by atoms with Crippen molar-refractivity contribution in [3.8, 4) is 5.75 Å². The predicted molar refractivity (Wildman–Crippen MR) is 83.7 cm³/mol. The van der Waals surface area contributed by atoms with Gasteiger partial charge in [-0.05, 0) is 29.4 Å². The van der Waals surface area contributed by atoms with Gasteiger partial charge in [-0.3, -0.25) is 9.79 Å². The fourth-order valence-corrected chi connectivity index (χ4v) is 2.30. The zero-order chi connectivity index (χ0) is 14.8. The van der Waals surface area contributed by atoms with Gasteiger partial charge in [-0.25, -0.2) is 4.57 Å². The third-order valence-electron chi connectivity index (χ3n) is 3.21. The van der Waals surface area contributed by atoms with Crippen molar-refractivity contribution < 1.29 is 18.9 Å². The maximum atomic E-state index is 11.0. The van der Waals surface area contributed by atoms with Gasteiger partial charge in [0.25, 0.3) is 0 Å². The molecule has 110 valence electrons. The van der Waals surface area contributed by atoms with E-state index in [2.05, 4.69) is 13.8 Å². The van der Waals surface area contributed by atoms with Gasteiger partial charge in [-0.1, -0.05) is 46.8 Å². The molecule has 1 atom stereocenters. The summed E-state index contributed by atoms with van der Waals surface area (Å²) in [5.74, 6) is 0.665. The first-order chi connectivity index (χ1) is 8.54. The fraction of sp³-hybridized carbons (Fsp3) is 0.571. The molecule has 0 aliphatic heterocycles. The molecule has 0 amide bonds. The van der Waals surface area contributed by atoms with Crippen LogP contribution < -0.4 is 4.52 Å². The molecular weight excluding hydrogens is 286 g/mol. The molecule has 0 saturated heterocycles. The minimum absolute atomic E-state index is 0. The van der Waals surface area contributed by atoms with Crippen molar-refractivity contribution in [2.24, 2.45) is 0 Å². The summed E-state index contributed by atoms with van der Waals surface area (Å²) in [6, 6.07) is 5.51. The Morgan fingerprint density at radius 3 is 2.25 bits per heavy atom. The summed E-state index contributed by atoms with van der Waals surface area (Å²) < 4.78 is 15.8. The van der Waals surface area contributed by atoms with Crippen molar-refractivity contribution in [3.05, 3.63) is 29.3 Å². The predicted octanol–water partition coefficient (Wildman–Crippen LogP) is 3.32. The molecule has 1 rings (SSSR count). The van der Waals surface area contributed by atoms with Gasteiger partial charge in [-0.2, -0.15) is 0 Å². The Labute approximate surface area is 143 Å². The van der Waals surface area contributed by atoms with Crippen molar-refractivity contribution in [2.45, 2.75) is 52.4 Å². The molecule has 1 aromatic rings. The molecule has 0 bridgehead atoms. The molecule has 1 unspecified atom stereocenters. The van der Waals surface area contributed by atoms with Gasteiger partial charge < -0.3 is 4.52 Å². The van der Waals surface area contributed by atoms with E-state index in [0.717, 1.165) is 17.5 Å². The summed E-state index contributed by atoms with van der Waals surface area (Å²) in [4.78, 5) is 17.9. The number of hydrogen-bond acceptors (Lipinski definition) is 2. The van der Waals surface area contributed by atoms with Crippen molar-refractivity contribution in [3.63, 3.8) is 0 Å². The first kappa shape index (κ1) is 20.2. The number of benzene rings is 1. The summed E-state index contributed by atoms with van der Waals surface area (Å²) in [7, 11) is -4.53. The summed E-state index contributed by atoms with van der Waals surface area (Å²) in [6.45, 7) is 10.2. The van der Waals surface area contributed by atoms with E-state index in [1.165, 1.54) is 0 Å². The van der Waals surface area contributed by atoms with Crippen LogP contribution in [0.2, 0.25) is 0 Å². The van der Waals surface area contributed by atoms with Crippen LogP contribution in [0.5, 0.6) is 5.75 Å². The molecule has 0 saturated carbocycles. The van der Waals surface area contributed by atoms with E-state index < -0.39 is 7.82 Å². The van der Waals surface area contributed by atoms with E-state index in [-0.39, 0.29) is 40.7 Å². The third kappa shape index (κ3) is 5.88. The van der Waals surface area contributed by atoms with Crippen molar-refractivity contribution in [1.82, 2.24) is 0 Å². The summed E-state index contributed by atoms with van der Waals surface area (Å²) in [5, 5.41) is 0. The van der Waals surface area contributed by atoms with E-state index in [4.69, 9.17) is 14.3 Å². The molecule has 0 aliphatic rings. The Balaban J connectivity index is 0.00000361. The molecule has 1 aromatic carbocycles. The maximum absolute atomic E-state index is 11.0. The quantitative estimate of drug-likeness (QED) is 0.661. The molecule has 20 heavy (non-hydrogen) atoms. The summed E-state index contributed by atoms with van der Waals surface area (Å²) in [5.41, 5.74) is 1.73. The van der Waals surface area contributed by atoms with Crippen LogP contribution in [0.3, 0.4) is 0 Å². The average Bonchev–Trinajstić information content (AvgIpc) is 2.25. The zero-order valence-corrected chi connectivity index (χ0v) is 13.1. The van der Waals surface area contributed by atoms with E-state index in [1.54, 1.807) is 6.07 Å².